The van der Waals surface area contributed by atoms with Gasteiger partial charge in [0, 0.05) is 10.3 Å². The van der Waals surface area contributed by atoms with Gasteiger partial charge in [-0.1, -0.05) is 36.0 Å². The standard InChI is InChI=1S/C14H18Cl2N2OS/c1-8(20-10-4-2-3-5-10)14(19)18-13-11(16)6-9(15)7-12(13)17/h6-8,10H,2-5,17H2,1H3,(H,18,19). The molecule has 0 heterocycles. The minimum absolute atomic E-state index is 0.0715. The van der Waals surface area contributed by atoms with Gasteiger partial charge in [-0.05, 0) is 31.9 Å². The number of anilines is 2. The van der Waals surface area contributed by atoms with Gasteiger partial charge in [0.1, 0.15) is 0 Å². The van der Waals surface area contributed by atoms with Crippen molar-refractivity contribution < 1.29 is 4.79 Å². The third-order valence-electron chi connectivity index (χ3n) is 3.40. The molecule has 1 atom stereocenters. The molecule has 1 aliphatic rings. The van der Waals surface area contributed by atoms with E-state index in [-0.39, 0.29) is 11.2 Å². The van der Waals surface area contributed by atoms with E-state index in [2.05, 4.69) is 5.32 Å². The third-order valence-corrected chi connectivity index (χ3v) is 5.40. The molecule has 0 bridgehead atoms. The Hall–Kier alpha value is -0.580. The number of nitrogens with one attached hydrogen (secondary N) is 1. The van der Waals surface area contributed by atoms with E-state index in [4.69, 9.17) is 28.9 Å². The molecule has 3 nitrogen and oxygen atoms in total. The van der Waals surface area contributed by atoms with E-state index in [1.807, 2.05) is 6.92 Å². The van der Waals surface area contributed by atoms with E-state index in [1.165, 1.54) is 25.7 Å². The van der Waals surface area contributed by atoms with Crippen molar-refractivity contribution in [2.45, 2.75) is 43.1 Å². The van der Waals surface area contributed by atoms with Crippen LogP contribution in [0.4, 0.5) is 11.4 Å². The number of rotatable bonds is 4. The largest absolute Gasteiger partial charge is 0.397 e. The van der Waals surface area contributed by atoms with Crippen molar-refractivity contribution >= 4 is 52.2 Å². The maximum Gasteiger partial charge on any atom is 0.237 e. The van der Waals surface area contributed by atoms with Crippen molar-refractivity contribution in [3.8, 4) is 0 Å². The van der Waals surface area contributed by atoms with Gasteiger partial charge in [0.25, 0.3) is 0 Å². The summed E-state index contributed by atoms with van der Waals surface area (Å²) >= 11 is 13.6. The first-order chi connectivity index (χ1) is 9.47. The summed E-state index contributed by atoms with van der Waals surface area (Å²) < 4.78 is 0. The van der Waals surface area contributed by atoms with Crippen LogP contribution in [0, 0.1) is 0 Å². The SMILES string of the molecule is CC(SC1CCCC1)C(=O)Nc1c(N)cc(Cl)cc1Cl. The van der Waals surface area contributed by atoms with Crippen molar-refractivity contribution in [2.24, 2.45) is 0 Å². The number of hydrogen-bond acceptors (Lipinski definition) is 3. The van der Waals surface area contributed by atoms with Crippen molar-refractivity contribution in [3.63, 3.8) is 0 Å². The van der Waals surface area contributed by atoms with Crippen LogP contribution in [0.5, 0.6) is 0 Å². The van der Waals surface area contributed by atoms with Crippen LogP contribution in [0.15, 0.2) is 12.1 Å². The number of thioether (sulfide) groups is 1. The number of carbonyl (C=O) groups is 1. The summed E-state index contributed by atoms with van der Waals surface area (Å²) in [6.45, 7) is 1.92. The summed E-state index contributed by atoms with van der Waals surface area (Å²) in [6.07, 6.45) is 4.93. The Morgan fingerprint density at radius 2 is 2.05 bits per heavy atom. The van der Waals surface area contributed by atoms with Crippen molar-refractivity contribution in [1.29, 1.82) is 0 Å². The first kappa shape index (κ1) is 15.8. The number of benzene rings is 1. The second-order valence-electron chi connectivity index (χ2n) is 5.03. The highest BCUT2D eigenvalue weighted by Crippen LogP contribution is 2.35. The lowest BCUT2D eigenvalue weighted by Gasteiger charge is -2.17. The molecule has 1 aromatic carbocycles. The first-order valence-corrected chi connectivity index (χ1v) is 8.38. The molecule has 6 heteroatoms. The average molecular weight is 333 g/mol. The number of amides is 1. The monoisotopic (exact) mass is 332 g/mol. The molecule has 0 radical (unpaired) electrons. The third kappa shape index (κ3) is 3.96. The molecule has 1 saturated carbocycles. The number of nitrogen functional groups attached to an aromatic ring is 1. The van der Waals surface area contributed by atoms with E-state index in [9.17, 15) is 4.79 Å². The lowest BCUT2D eigenvalue weighted by atomic mass is 10.2. The average Bonchev–Trinajstić information content (AvgIpc) is 2.86. The molecule has 2 rings (SSSR count). The number of halogens is 2. The second kappa shape index (κ2) is 6.92. The molecule has 0 aliphatic heterocycles. The van der Waals surface area contributed by atoms with E-state index in [0.717, 1.165) is 0 Å². The van der Waals surface area contributed by atoms with Gasteiger partial charge < -0.3 is 11.1 Å². The molecule has 1 amide bonds. The van der Waals surface area contributed by atoms with Gasteiger partial charge >= 0.3 is 0 Å². The van der Waals surface area contributed by atoms with E-state index >= 15 is 0 Å². The Morgan fingerprint density at radius 1 is 1.40 bits per heavy atom. The lowest BCUT2D eigenvalue weighted by Crippen LogP contribution is -2.25. The van der Waals surface area contributed by atoms with Crippen molar-refractivity contribution in [3.05, 3.63) is 22.2 Å². The molecule has 0 spiro atoms. The van der Waals surface area contributed by atoms with Crippen LogP contribution in [0.25, 0.3) is 0 Å². The molecule has 0 saturated heterocycles. The molecule has 110 valence electrons. The Kier molecular flexibility index (Phi) is 5.47. The van der Waals surface area contributed by atoms with Crippen molar-refractivity contribution in [1.82, 2.24) is 0 Å². The molecule has 3 N–H and O–H groups in total. The van der Waals surface area contributed by atoms with E-state index < -0.39 is 0 Å². The summed E-state index contributed by atoms with van der Waals surface area (Å²) in [4.78, 5) is 12.2. The zero-order valence-corrected chi connectivity index (χ0v) is 13.6. The Bertz CT molecular complexity index is 481. The fourth-order valence-electron chi connectivity index (χ4n) is 2.33. The van der Waals surface area contributed by atoms with Gasteiger partial charge in [-0.2, -0.15) is 0 Å². The number of carbonyl (C=O) groups excluding carboxylic acids is 1. The van der Waals surface area contributed by atoms with Gasteiger partial charge in [0.15, 0.2) is 0 Å². The minimum atomic E-state index is -0.121. The lowest BCUT2D eigenvalue weighted by molar-refractivity contribution is -0.115. The topological polar surface area (TPSA) is 55.1 Å². The predicted octanol–water partition coefficient (Wildman–Crippen LogP) is 4.58. The highest BCUT2D eigenvalue weighted by atomic mass is 35.5. The smallest absolute Gasteiger partial charge is 0.237 e. The van der Waals surface area contributed by atoms with Crippen LogP contribution in [0.3, 0.4) is 0 Å². The molecular formula is C14H18Cl2N2OS. The highest BCUT2D eigenvalue weighted by molar-refractivity contribution is 8.01. The zero-order valence-electron chi connectivity index (χ0n) is 11.3. The van der Waals surface area contributed by atoms with Crippen LogP contribution in [0.1, 0.15) is 32.6 Å². The molecule has 0 aromatic heterocycles. The van der Waals surface area contributed by atoms with Gasteiger partial charge in [0.2, 0.25) is 5.91 Å². The van der Waals surface area contributed by atoms with Crippen LogP contribution in [-0.4, -0.2) is 16.4 Å². The predicted molar refractivity (Wildman–Crippen MR) is 88.8 cm³/mol. The number of hydrogen-bond donors (Lipinski definition) is 2. The van der Waals surface area contributed by atoms with Gasteiger partial charge in [-0.15, -0.1) is 11.8 Å². The summed E-state index contributed by atoms with van der Waals surface area (Å²) in [6, 6.07) is 3.15. The molecule has 1 aromatic rings. The molecule has 1 fully saturated rings. The van der Waals surface area contributed by atoms with Crippen LogP contribution >= 0.6 is 35.0 Å². The highest BCUT2D eigenvalue weighted by Gasteiger charge is 2.23. The summed E-state index contributed by atoms with van der Waals surface area (Å²) in [5.41, 5.74) is 6.67. The number of nitrogens with two attached hydrogens (primary N) is 1. The summed E-state index contributed by atoms with van der Waals surface area (Å²) in [7, 11) is 0. The van der Waals surface area contributed by atoms with Gasteiger partial charge in [-0.3, -0.25) is 4.79 Å². The molecule has 20 heavy (non-hydrogen) atoms. The fourth-order valence-corrected chi connectivity index (χ4v) is 4.25. The normalized spacial score (nSPS) is 17.1. The fraction of sp³-hybridized carbons (Fsp3) is 0.500. The Labute approximate surface area is 133 Å². The maximum absolute atomic E-state index is 12.2. The van der Waals surface area contributed by atoms with E-state index in [0.29, 0.717) is 26.7 Å². The minimum Gasteiger partial charge on any atom is -0.397 e. The summed E-state index contributed by atoms with van der Waals surface area (Å²) in [5.74, 6) is -0.0715. The summed E-state index contributed by atoms with van der Waals surface area (Å²) in [5, 5.41) is 4.09. The van der Waals surface area contributed by atoms with Gasteiger partial charge in [0.05, 0.1) is 21.6 Å². The first-order valence-electron chi connectivity index (χ1n) is 6.68. The van der Waals surface area contributed by atoms with Crippen molar-refractivity contribution in [2.75, 3.05) is 11.1 Å². The maximum atomic E-state index is 12.2. The van der Waals surface area contributed by atoms with Crippen LogP contribution in [-0.2, 0) is 4.79 Å². The molecule has 1 aliphatic carbocycles. The van der Waals surface area contributed by atoms with Gasteiger partial charge in [-0.25, -0.2) is 0 Å². The van der Waals surface area contributed by atoms with Crippen LogP contribution in [0.2, 0.25) is 10.0 Å². The molecular weight excluding hydrogens is 315 g/mol. The van der Waals surface area contributed by atoms with E-state index in [1.54, 1.807) is 23.9 Å². The Morgan fingerprint density at radius 3 is 2.65 bits per heavy atom. The van der Waals surface area contributed by atoms with Crippen LogP contribution < -0.4 is 11.1 Å². The Balaban J connectivity index is 2.00. The second-order valence-corrected chi connectivity index (χ2v) is 7.52. The molecule has 1 unspecified atom stereocenters. The zero-order chi connectivity index (χ0) is 14.7. The quantitative estimate of drug-likeness (QED) is 0.793.